The zero-order valence-corrected chi connectivity index (χ0v) is 7.38. The van der Waals surface area contributed by atoms with Crippen molar-refractivity contribution in [3.05, 3.63) is 11.8 Å². The van der Waals surface area contributed by atoms with Gasteiger partial charge in [-0.2, -0.15) is 0 Å². The monoisotopic (exact) mass is 180 g/mol. The molecule has 4 heteroatoms. The van der Waals surface area contributed by atoms with E-state index in [2.05, 4.69) is 5.32 Å². The van der Waals surface area contributed by atoms with Crippen LogP contribution in [0, 0.1) is 0 Å². The molecule has 0 aliphatic carbocycles. The predicted octanol–water partition coefficient (Wildman–Crippen LogP) is 0.0126. The highest BCUT2D eigenvalue weighted by molar-refractivity contribution is 6.15. The lowest BCUT2D eigenvalue weighted by molar-refractivity contribution is -0.124. The van der Waals surface area contributed by atoms with Gasteiger partial charge in [-0.25, -0.2) is 0 Å². The van der Waals surface area contributed by atoms with Crippen LogP contribution in [0.1, 0.15) is 19.3 Å². The largest absolute Gasteiger partial charge is 0.367 e. The van der Waals surface area contributed by atoms with Gasteiger partial charge in [0.1, 0.15) is 5.70 Å². The molecule has 0 aromatic rings. The van der Waals surface area contributed by atoms with Gasteiger partial charge in [-0.3, -0.25) is 14.9 Å². The smallest absolute Gasteiger partial charge is 0.274 e. The van der Waals surface area contributed by atoms with E-state index in [-0.39, 0.29) is 11.8 Å². The molecule has 70 valence electrons. The number of carbonyl (C=O) groups excluding carboxylic acids is 2. The van der Waals surface area contributed by atoms with E-state index in [9.17, 15) is 9.59 Å². The molecule has 2 amide bonds. The van der Waals surface area contributed by atoms with E-state index in [1.165, 1.54) is 12.5 Å². The Balaban J connectivity index is 2.10. The maximum Gasteiger partial charge on any atom is 0.274 e. The van der Waals surface area contributed by atoms with Gasteiger partial charge < -0.3 is 4.90 Å². The summed E-state index contributed by atoms with van der Waals surface area (Å²) in [6.07, 6.45) is 4.84. The Labute approximate surface area is 76.6 Å². The number of piperidine rings is 1. The van der Waals surface area contributed by atoms with Crippen molar-refractivity contribution in [2.45, 2.75) is 19.3 Å². The van der Waals surface area contributed by atoms with Crippen molar-refractivity contribution in [3.63, 3.8) is 0 Å². The third-order valence-corrected chi connectivity index (χ3v) is 2.43. The summed E-state index contributed by atoms with van der Waals surface area (Å²) >= 11 is 0. The van der Waals surface area contributed by atoms with Gasteiger partial charge in [-0.05, 0) is 19.3 Å². The number of amides is 2. The molecular formula is C9H12N2O2. The number of imide groups is 1. The Bertz CT molecular complexity index is 277. The average Bonchev–Trinajstić information content (AvgIpc) is 2.47. The molecule has 2 heterocycles. The van der Waals surface area contributed by atoms with E-state index >= 15 is 0 Å². The molecular weight excluding hydrogens is 168 g/mol. The van der Waals surface area contributed by atoms with Gasteiger partial charge in [-0.1, -0.05) is 0 Å². The van der Waals surface area contributed by atoms with Gasteiger partial charge in [0, 0.05) is 19.2 Å². The summed E-state index contributed by atoms with van der Waals surface area (Å²) in [7, 11) is 0. The number of likely N-dealkylation sites (tertiary alicyclic amines) is 1. The van der Waals surface area contributed by atoms with Crippen molar-refractivity contribution >= 4 is 11.8 Å². The fourth-order valence-corrected chi connectivity index (χ4v) is 1.77. The first-order valence-corrected chi connectivity index (χ1v) is 4.59. The number of nitrogens with one attached hydrogen (secondary N) is 1. The van der Waals surface area contributed by atoms with Gasteiger partial charge in [0.25, 0.3) is 11.8 Å². The first-order valence-electron chi connectivity index (χ1n) is 4.59. The zero-order valence-electron chi connectivity index (χ0n) is 7.38. The van der Waals surface area contributed by atoms with Gasteiger partial charge in [-0.15, -0.1) is 0 Å². The summed E-state index contributed by atoms with van der Waals surface area (Å²) in [6.45, 7) is 1.79. The van der Waals surface area contributed by atoms with E-state index in [0.717, 1.165) is 25.9 Å². The molecule has 4 nitrogen and oxygen atoms in total. The minimum Gasteiger partial charge on any atom is -0.367 e. The number of hydrogen-bond acceptors (Lipinski definition) is 3. The standard InChI is InChI=1S/C9H12N2O2/c12-8-6-7(9(13)10-8)11-4-2-1-3-5-11/h6H,1-5H2,(H,10,12,13). The van der Waals surface area contributed by atoms with E-state index in [1.54, 1.807) is 0 Å². The lowest BCUT2D eigenvalue weighted by Crippen LogP contribution is -2.34. The second-order valence-electron chi connectivity index (χ2n) is 3.40. The van der Waals surface area contributed by atoms with Gasteiger partial charge in [0.2, 0.25) is 0 Å². The molecule has 13 heavy (non-hydrogen) atoms. The topological polar surface area (TPSA) is 49.4 Å². The lowest BCUT2D eigenvalue weighted by atomic mass is 10.1. The Morgan fingerprint density at radius 2 is 1.85 bits per heavy atom. The zero-order chi connectivity index (χ0) is 9.26. The molecule has 0 spiro atoms. The molecule has 0 saturated carbocycles. The summed E-state index contributed by atoms with van der Waals surface area (Å²) in [4.78, 5) is 24.1. The van der Waals surface area contributed by atoms with Crippen molar-refractivity contribution in [1.29, 1.82) is 0 Å². The van der Waals surface area contributed by atoms with E-state index in [4.69, 9.17) is 0 Å². The highest BCUT2D eigenvalue weighted by atomic mass is 16.2. The first-order chi connectivity index (χ1) is 6.27. The summed E-state index contributed by atoms with van der Waals surface area (Å²) < 4.78 is 0. The summed E-state index contributed by atoms with van der Waals surface area (Å²) in [5, 5.41) is 2.25. The molecule has 1 N–H and O–H groups in total. The SMILES string of the molecule is O=C1C=C(N2CCCCC2)C(=O)N1. The Morgan fingerprint density at radius 3 is 2.38 bits per heavy atom. The van der Waals surface area contributed by atoms with Crippen LogP contribution in [0.3, 0.4) is 0 Å². The van der Waals surface area contributed by atoms with Crippen molar-refractivity contribution in [3.8, 4) is 0 Å². The highest BCUT2D eigenvalue weighted by Crippen LogP contribution is 2.16. The van der Waals surface area contributed by atoms with Crippen LogP contribution < -0.4 is 5.32 Å². The highest BCUT2D eigenvalue weighted by Gasteiger charge is 2.26. The molecule has 0 radical (unpaired) electrons. The molecule has 0 aromatic heterocycles. The third kappa shape index (κ3) is 1.56. The second kappa shape index (κ2) is 3.20. The molecule has 0 unspecified atom stereocenters. The van der Waals surface area contributed by atoms with E-state index in [1.807, 2.05) is 4.90 Å². The minimum absolute atomic E-state index is 0.244. The molecule has 2 aliphatic heterocycles. The number of carbonyl (C=O) groups is 2. The van der Waals surface area contributed by atoms with Gasteiger partial charge in [0.15, 0.2) is 0 Å². The van der Waals surface area contributed by atoms with E-state index < -0.39 is 0 Å². The molecule has 0 bridgehead atoms. The van der Waals surface area contributed by atoms with Gasteiger partial charge in [0.05, 0.1) is 0 Å². The number of rotatable bonds is 1. The Morgan fingerprint density at radius 1 is 1.15 bits per heavy atom. The normalized spacial score (nSPS) is 23.1. The first kappa shape index (κ1) is 8.29. The molecule has 1 fully saturated rings. The molecule has 0 aromatic carbocycles. The maximum absolute atomic E-state index is 11.2. The lowest BCUT2D eigenvalue weighted by Gasteiger charge is -2.28. The average molecular weight is 180 g/mol. The maximum atomic E-state index is 11.2. The Kier molecular flexibility index (Phi) is 2.04. The van der Waals surface area contributed by atoms with Crippen LogP contribution in [0.4, 0.5) is 0 Å². The summed E-state index contributed by atoms with van der Waals surface area (Å²) in [6, 6.07) is 0. The van der Waals surface area contributed by atoms with Crippen LogP contribution in [0.2, 0.25) is 0 Å². The summed E-state index contributed by atoms with van der Waals surface area (Å²) in [5.74, 6) is -0.530. The third-order valence-electron chi connectivity index (χ3n) is 2.43. The second-order valence-corrected chi connectivity index (χ2v) is 3.40. The number of hydrogen-bond donors (Lipinski definition) is 1. The number of nitrogens with zero attached hydrogens (tertiary/aromatic N) is 1. The van der Waals surface area contributed by atoms with Crippen LogP contribution in [-0.4, -0.2) is 29.8 Å². The van der Waals surface area contributed by atoms with Crippen molar-refractivity contribution in [1.82, 2.24) is 10.2 Å². The van der Waals surface area contributed by atoms with Crippen molar-refractivity contribution in [2.75, 3.05) is 13.1 Å². The van der Waals surface area contributed by atoms with Crippen LogP contribution in [0.5, 0.6) is 0 Å². The van der Waals surface area contributed by atoms with Crippen molar-refractivity contribution in [2.24, 2.45) is 0 Å². The molecule has 2 aliphatic rings. The molecule has 2 rings (SSSR count). The van der Waals surface area contributed by atoms with Crippen LogP contribution >= 0.6 is 0 Å². The molecule has 1 saturated heterocycles. The van der Waals surface area contributed by atoms with Crippen molar-refractivity contribution < 1.29 is 9.59 Å². The van der Waals surface area contributed by atoms with E-state index in [0.29, 0.717) is 5.70 Å². The quantitative estimate of drug-likeness (QED) is 0.578. The fraction of sp³-hybridized carbons (Fsp3) is 0.556. The van der Waals surface area contributed by atoms with Crippen LogP contribution in [0.15, 0.2) is 11.8 Å². The van der Waals surface area contributed by atoms with Crippen LogP contribution in [-0.2, 0) is 9.59 Å². The predicted molar refractivity (Wildman–Crippen MR) is 46.7 cm³/mol. The fourth-order valence-electron chi connectivity index (χ4n) is 1.77. The Hall–Kier alpha value is -1.32. The minimum atomic E-state index is -0.287. The van der Waals surface area contributed by atoms with Crippen LogP contribution in [0.25, 0.3) is 0 Å². The molecule has 0 atom stereocenters. The summed E-state index contributed by atoms with van der Waals surface area (Å²) in [5.41, 5.74) is 0.546. The van der Waals surface area contributed by atoms with Gasteiger partial charge >= 0.3 is 0 Å².